The predicted molar refractivity (Wildman–Crippen MR) is 119 cm³/mol. The second kappa shape index (κ2) is 10.4. The van der Waals surface area contributed by atoms with Crippen LogP contribution in [0.15, 0.2) is 66.3 Å². The summed E-state index contributed by atoms with van der Waals surface area (Å²) in [6, 6.07) is 13.3. The molecule has 9 nitrogen and oxygen atoms in total. The fourth-order valence-corrected chi connectivity index (χ4v) is 3.55. The average molecular weight is 439 g/mol. The van der Waals surface area contributed by atoms with Crippen molar-refractivity contribution in [3.8, 4) is 17.1 Å². The number of para-hydroxylation sites is 2. The highest BCUT2D eigenvalue weighted by atomic mass is 32.2. The van der Waals surface area contributed by atoms with Crippen LogP contribution in [0.5, 0.6) is 5.75 Å². The van der Waals surface area contributed by atoms with Gasteiger partial charge in [-0.2, -0.15) is 0 Å². The minimum absolute atomic E-state index is 0.00265. The van der Waals surface area contributed by atoms with Gasteiger partial charge in [-0.15, -0.1) is 16.8 Å². The SMILES string of the molecule is C=CCn1c(SCC(=O)Nc2ccccc2OCC)nnc1-c1ccc([N+](=O)[O-])cc1. The molecule has 0 radical (unpaired) electrons. The number of hydrogen-bond donors (Lipinski definition) is 1. The molecule has 0 fully saturated rings. The van der Waals surface area contributed by atoms with Crippen molar-refractivity contribution in [3.05, 3.63) is 71.3 Å². The first-order chi connectivity index (χ1) is 15.0. The van der Waals surface area contributed by atoms with Crippen LogP contribution in [0, 0.1) is 10.1 Å². The third-order valence-electron chi connectivity index (χ3n) is 4.16. The molecule has 0 aliphatic carbocycles. The number of nitro benzene ring substituents is 1. The van der Waals surface area contributed by atoms with Crippen LogP contribution in [-0.4, -0.2) is 38.0 Å². The molecule has 0 aliphatic heterocycles. The Balaban J connectivity index is 1.72. The van der Waals surface area contributed by atoms with Gasteiger partial charge in [0.25, 0.3) is 5.69 Å². The fourth-order valence-electron chi connectivity index (χ4n) is 2.80. The van der Waals surface area contributed by atoms with Gasteiger partial charge in [0.1, 0.15) is 5.75 Å². The lowest BCUT2D eigenvalue weighted by molar-refractivity contribution is -0.384. The number of ether oxygens (including phenoxy) is 1. The normalized spacial score (nSPS) is 10.5. The summed E-state index contributed by atoms with van der Waals surface area (Å²) in [4.78, 5) is 22.9. The Bertz CT molecular complexity index is 1080. The van der Waals surface area contributed by atoms with E-state index in [2.05, 4.69) is 22.1 Å². The number of hydrogen-bond acceptors (Lipinski definition) is 7. The van der Waals surface area contributed by atoms with Gasteiger partial charge in [-0.3, -0.25) is 19.5 Å². The second-order valence-electron chi connectivity index (χ2n) is 6.28. The van der Waals surface area contributed by atoms with Gasteiger partial charge in [-0.05, 0) is 31.2 Å². The first-order valence-electron chi connectivity index (χ1n) is 9.47. The number of amides is 1. The average Bonchev–Trinajstić information content (AvgIpc) is 3.17. The Morgan fingerprint density at radius 1 is 1.26 bits per heavy atom. The molecule has 3 aromatic rings. The number of aromatic nitrogens is 3. The van der Waals surface area contributed by atoms with Crippen LogP contribution in [0.1, 0.15) is 6.92 Å². The van der Waals surface area contributed by atoms with Crippen LogP contribution >= 0.6 is 11.8 Å². The molecule has 1 N–H and O–H groups in total. The number of anilines is 1. The molecule has 10 heteroatoms. The standard InChI is InChI=1S/C21H21N5O4S/c1-3-13-25-20(15-9-11-16(12-10-15)26(28)29)23-24-21(25)31-14-19(27)22-17-7-5-6-8-18(17)30-4-2/h3,5-12H,1,4,13-14H2,2H3,(H,22,27). The summed E-state index contributed by atoms with van der Waals surface area (Å²) in [7, 11) is 0. The Kier molecular flexibility index (Phi) is 7.39. The monoisotopic (exact) mass is 439 g/mol. The van der Waals surface area contributed by atoms with Gasteiger partial charge in [-0.1, -0.05) is 30.0 Å². The lowest BCUT2D eigenvalue weighted by Gasteiger charge is -2.11. The van der Waals surface area contributed by atoms with E-state index < -0.39 is 4.92 Å². The van der Waals surface area contributed by atoms with Crippen LogP contribution in [0.4, 0.5) is 11.4 Å². The van der Waals surface area contributed by atoms with E-state index >= 15 is 0 Å². The lowest BCUT2D eigenvalue weighted by atomic mass is 10.2. The third-order valence-corrected chi connectivity index (χ3v) is 5.12. The maximum Gasteiger partial charge on any atom is 0.269 e. The zero-order valence-electron chi connectivity index (χ0n) is 16.9. The van der Waals surface area contributed by atoms with Crippen molar-refractivity contribution in [1.82, 2.24) is 14.8 Å². The molecule has 0 bridgehead atoms. The highest BCUT2D eigenvalue weighted by Gasteiger charge is 2.16. The summed E-state index contributed by atoms with van der Waals surface area (Å²) in [5.74, 6) is 1.07. The van der Waals surface area contributed by atoms with Crippen LogP contribution in [0.2, 0.25) is 0 Å². The highest BCUT2D eigenvalue weighted by Crippen LogP contribution is 2.27. The molecule has 0 unspecified atom stereocenters. The number of thioether (sulfide) groups is 1. The summed E-state index contributed by atoms with van der Waals surface area (Å²) >= 11 is 1.24. The molecule has 2 aromatic carbocycles. The third kappa shape index (κ3) is 5.48. The van der Waals surface area contributed by atoms with Gasteiger partial charge in [0.15, 0.2) is 11.0 Å². The Morgan fingerprint density at radius 3 is 2.68 bits per heavy atom. The topological polar surface area (TPSA) is 112 Å². The quantitative estimate of drug-likeness (QED) is 0.218. The van der Waals surface area contributed by atoms with E-state index in [1.54, 1.807) is 34.9 Å². The van der Waals surface area contributed by atoms with Crippen molar-refractivity contribution in [3.63, 3.8) is 0 Å². The molecule has 3 rings (SSSR count). The number of nitro groups is 1. The van der Waals surface area contributed by atoms with E-state index in [-0.39, 0.29) is 17.3 Å². The van der Waals surface area contributed by atoms with Gasteiger partial charge >= 0.3 is 0 Å². The van der Waals surface area contributed by atoms with Crippen molar-refractivity contribution in [2.24, 2.45) is 0 Å². The van der Waals surface area contributed by atoms with Gasteiger partial charge in [0.05, 0.1) is 23.0 Å². The summed E-state index contributed by atoms with van der Waals surface area (Å²) < 4.78 is 7.33. The zero-order chi connectivity index (χ0) is 22.2. The Hall–Kier alpha value is -3.66. The van der Waals surface area contributed by atoms with E-state index in [9.17, 15) is 14.9 Å². The lowest BCUT2D eigenvalue weighted by Crippen LogP contribution is -2.15. The second-order valence-corrected chi connectivity index (χ2v) is 7.22. The molecule has 0 saturated carbocycles. The number of carbonyl (C=O) groups excluding carboxylic acids is 1. The number of nitrogens with zero attached hydrogens (tertiary/aromatic N) is 4. The molecular weight excluding hydrogens is 418 g/mol. The maximum absolute atomic E-state index is 12.5. The number of rotatable bonds is 10. The minimum Gasteiger partial charge on any atom is -0.492 e. The van der Waals surface area contributed by atoms with E-state index in [0.29, 0.717) is 41.1 Å². The minimum atomic E-state index is -0.457. The Labute approximate surface area is 183 Å². The molecule has 0 saturated heterocycles. The van der Waals surface area contributed by atoms with Crippen molar-refractivity contribution in [2.45, 2.75) is 18.6 Å². The van der Waals surface area contributed by atoms with Crippen molar-refractivity contribution >= 4 is 29.0 Å². The number of carbonyl (C=O) groups is 1. The summed E-state index contributed by atoms with van der Waals surface area (Å²) in [6.45, 7) is 6.56. The Morgan fingerprint density at radius 2 is 2.00 bits per heavy atom. The molecule has 1 heterocycles. The van der Waals surface area contributed by atoms with Gasteiger partial charge in [-0.25, -0.2) is 0 Å². The van der Waals surface area contributed by atoms with Crippen molar-refractivity contribution in [1.29, 1.82) is 0 Å². The number of benzene rings is 2. The van der Waals surface area contributed by atoms with E-state index in [0.717, 1.165) is 0 Å². The summed E-state index contributed by atoms with van der Waals surface area (Å²) in [5, 5.41) is 22.6. The van der Waals surface area contributed by atoms with E-state index in [1.807, 2.05) is 19.1 Å². The zero-order valence-corrected chi connectivity index (χ0v) is 17.7. The highest BCUT2D eigenvalue weighted by molar-refractivity contribution is 7.99. The number of non-ortho nitro benzene ring substituents is 1. The molecule has 0 atom stereocenters. The summed E-state index contributed by atoms with van der Waals surface area (Å²) in [5.41, 5.74) is 1.29. The van der Waals surface area contributed by atoms with Crippen LogP contribution < -0.4 is 10.1 Å². The van der Waals surface area contributed by atoms with Crippen molar-refractivity contribution < 1.29 is 14.5 Å². The predicted octanol–water partition coefficient (Wildman–Crippen LogP) is 4.17. The first-order valence-corrected chi connectivity index (χ1v) is 10.5. The number of nitrogens with one attached hydrogen (secondary N) is 1. The van der Waals surface area contributed by atoms with E-state index in [1.165, 1.54) is 23.9 Å². The molecular formula is C21H21N5O4S. The summed E-state index contributed by atoms with van der Waals surface area (Å²) in [6.07, 6.45) is 1.70. The van der Waals surface area contributed by atoms with Crippen LogP contribution in [-0.2, 0) is 11.3 Å². The van der Waals surface area contributed by atoms with Crippen molar-refractivity contribution in [2.75, 3.05) is 17.7 Å². The van der Waals surface area contributed by atoms with Gasteiger partial charge in [0, 0.05) is 24.2 Å². The molecule has 160 valence electrons. The smallest absolute Gasteiger partial charge is 0.269 e. The van der Waals surface area contributed by atoms with Crippen LogP contribution in [0.25, 0.3) is 11.4 Å². The first kappa shape index (κ1) is 22.0. The molecule has 1 amide bonds. The maximum atomic E-state index is 12.5. The van der Waals surface area contributed by atoms with Crippen LogP contribution in [0.3, 0.4) is 0 Å². The van der Waals surface area contributed by atoms with Gasteiger partial charge < -0.3 is 10.1 Å². The molecule has 1 aromatic heterocycles. The fraction of sp³-hybridized carbons (Fsp3) is 0.190. The molecule has 31 heavy (non-hydrogen) atoms. The molecule has 0 aliphatic rings. The number of allylic oxidation sites excluding steroid dienone is 1. The largest absolute Gasteiger partial charge is 0.492 e. The van der Waals surface area contributed by atoms with E-state index in [4.69, 9.17) is 4.74 Å². The van der Waals surface area contributed by atoms with Gasteiger partial charge in [0.2, 0.25) is 5.91 Å². The molecule has 0 spiro atoms.